The van der Waals surface area contributed by atoms with Crippen LogP contribution in [-0.2, 0) is 0 Å². The van der Waals surface area contributed by atoms with Gasteiger partial charge in [0.2, 0.25) is 0 Å². The quantitative estimate of drug-likeness (QED) is 0.872. The van der Waals surface area contributed by atoms with E-state index in [0.29, 0.717) is 18.3 Å². The Hall–Kier alpha value is -2.40. The number of benzene rings is 2. The Morgan fingerprint density at radius 3 is 2.68 bits per heavy atom. The number of amides is 1. The van der Waals surface area contributed by atoms with Gasteiger partial charge < -0.3 is 10.0 Å². The van der Waals surface area contributed by atoms with Crippen molar-refractivity contribution in [2.75, 3.05) is 25.0 Å². The summed E-state index contributed by atoms with van der Waals surface area (Å²) in [7, 11) is 2.07. The van der Waals surface area contributed by atoms with Gasteiger partial charge in [0, 0.05) is 18.2 Å². The number of halogens is 1. The molecule has 2 aromatic carbocycles. The van der Waals surface area contributed by atoms with Crippen LogP contribution < -0.4 is 4.90 Å². The van der Waals surface area contributed by atoms with Crippen molar-refractivity contribution in [3.8, 4) is 11.1 Å². The lowest BCUT2D eigenvalue weighted by molar-refractivity contribution is 0.200. The molecule has 1 unspecified atom stereocenters. The molecule has 2 aromatic rings. The Morgan fingerprint density at radius 2 is 2.04 bits per heavy atom. The molecular formula is C20H23FN2O2. The van der Waals surface area contributed by atoms with Crippen LogP contribution in [0, 0.1) is 5.82 Å². The van der Waals surface area contributed by atoms with Crippen LogP contribution in [0.15, 0.2) is 48.5 Å². The molecule has 5 heteroatoms. The maximum atomic E-state index is 13.9. The molecule has 1 N–H and O–H groups in total. The van der Waals surface area contributed by atoms with Crippen LogP contribution >= 0.6 is 0 Å². The van der Waals surface area contributed by atoms with Gasteiger partial charge in [0.15, 0.2) is 0 Å². The fraction of sp³-hybridized carbons (Fsp3) is 0.350. The van der Waals surface area contributed by atoms with E-state index in [1.165, 1.54) is 17.0 Å². The van der Waals surface area contributed by atoms with E-state index in [2.05, 4.69) is 11.9 Å². The summed E-state index contributed by atoms with van der Waals surface area (Å²) in [6.07, 6.45) is 1.92. The first-order chi connectivity index (χ1) is 12.1. The zero-order chi connectivity index (χ0) is 17.8. The second-order valence-electron chi connectivity index (χ2n) is 6.53. The van der Waals surface area contributed by atoms with Crippen LogP contribution in [-0.4, -0.2) is 42.3 Å². The number of rotatable bonds is 5. The minimum Gasteiger partial charge on any atom is -0.465 e. The van der Waals surface area contributed by atoms with E-state index >= 15 is 0 Å². The van der Waals surface area contributed by atoms with Crippen molar-refractivity contribution < 1.29 is 14.3 Å². The van der Waals surface area contributed by atoms with Crippen LogP contribution in [0.5, 0.6) is 0 Å². The monoisotopic (exact) mass is 342 g/mol. The zero-order valence-electron chi connectivity index (χ0n) is 14.4. The Labute approximate surface area is 147 Å². The summed E-state index contributed by atoms with van der Waals surface area (Å²) < 4.78 is 13.9. The largest absolute Gasteiger partial charge is 0.465 e. The highest BCUT2D eigenvalue weighted by Crippen LogP contribution is 2.32. The third kappa shape index (κ3) is 3.99. The molecule has 1 aliphatic heterocycles. The number of carboxylic acid groups (broad SMARTS) is 1. The maximum absolute atomic E-state index is 13.9. The highest BCUT2D eigenvalue weighted by Gasteiger charge is 2.25. The van der Waals surface area contributed by atoms with E-state index in [-0.39, 0.29) is 0 Å². The molecule has 1 amide bonds. The molecule has 1 aliphatic rings. The van der Waals surface area contributed by atoms with Gasteiger partial charge >= 0.3 is 6.09 Å². The summed E-state index contributed by atoms with van der Waals surface area (Å²) in [4.78, 5) is 15.4. The average Bonchev–Trinajstić information content (AvgIpc) is 3.01. The van der Waals surface area contributed by atoms with Gasteiger partial charge in [-0.1, -0.05) is 30.3 Å². The lowest BCUT2D eigenvalue weighted by Crippen LogP contribution is -2.35. The Balaban J connectivity index is 1.90. The topological polar surface area (TPSA) is 43.8 Å². The smallest absolute Gasteiger partial charge is 0.411 e. The summed E-state index contributed by atoms with van der Waals surface area (Å²) in [6.45, 7) is 1.40. The van der Waals surface area contributed by atoms with Crippen molar-refractivity contribution >= 4 is 11.8 Å². The van der Waals surface area contributed by atoms with Crippen LogP contribution in [0.3, 0.4) is 0 Å². The van der Waals surface area contributed by atoms with Crippen LogP contribution in [0.25, 0.3) is 11.1 Å². The Morgan fingerprint density at radius 1 is 1.28 bits per heavy atom. The van der Waals surface area contributed by atoms with Crippen molar-refractivity contribution in [3.05, 3.63) is 54.3 Å². The normalized spacial score (nSPS) is 17.6. The second-order valence-corrected chi connectivity index (χ2v) is 6.53. The van der Waals surface area contributed by atoms with E-state index in [4.69, 9.17) is 0 Å². The molecular weight excluding hydrogens is 319 g/mol. The van der Waals surface area contributed by atoms with E-state index < -0.39 is 11.9 Å². The second kappa shape index (κ2) is 7.66. The molecule has 4 nitrogen and oxygen atoms in total. The molecule has 0 saturated carbocycles. The van der Waals surface area contributed by atoms with Crippen LogP contribution in [0.4, 0.5) is 14.9 Å². The summed E-state index contributed by atoms with van der Waals surface area (Å²) >= 11 is 0. The van der Waals surface area contributed by atoms with Gasteiger partial charge in [-0.05, 0) is 56.6 Å². The van der Waals surface area contributed by atoms with Crippen molar-refractivity contribution in [3.63, 3.8) is 0 Å². The number of carbonyl (C=O) groups is 1. The molecule has 1 heterocycles. The molecule has 0 aliphatic carbocycles. The van der Waals surface area contributed by atoms with Gasteiger partial charge in [-0.15, -0.1) is 0 Å². The van der Waals surface area contributed by atoms with Crippen LogP contribution in [0.1, 0.15) is 19.3 Å². The van der Waals surface area contributed by atoms with Gasteiger partial charge in [-0.3, -0.25) is 4.90 Å². The van der Waals surface area contributed by atoms with Gasteiger partial charge in [0.1, 0.15) is 5.82 Å². The molecule has 1 atom stereocenters. The highest BCUT2D eigenvalue weighted by molar-refractivity contribution is 5.92. The molecule has 1 fully saturated rings. The summed E-state index contributed by atoms with van der Waals surface area (Å²) in [5, 5.41) is 9.72. The lowest BCUT2D eigenvalue weighted by atomic mass is 10.0. The number of anilines is 1. The minimum atomic E-state index is -1.05. The number of likely N-dealkylation sites (tertiary alicyclic amines) is 1. The summed E-state index contributed by atoms with van der Waals surface area (Å²) in [6, 6.07) is 14.2. The maximum Gasteiger partial charge on any atom is 0.411 e. The number of hydrogen-bond donors (Lipinski definition) is 1. The third-order valence-electron chi connectivity index (χ3n) is 4.92. The Kier molecular flexibility index (Phi) is 5.34. The van der Waals surface area contributed by atoms with E-state index in [0.717, 1.165) is 36.9 Å². The molecule has 0 aromatic heterocycles. The average molecular weight is 342 g/mol. The molecule has 132 valence electrons. The SMILES string of the molecule is CN1CCCC1CCN(C(=O)O)c1cc(F)ccc1-c1ccccc1. The van der Waals surface area contributed by atoms with Gasteiger partial charge in [0.05, 0.1) is 5.69 Å². The van der Waals surface area contributed by atoms with Gasteiger partial charge in [-0.2, -0.15) is 0 Å². The predicted octanol–water partition coefficient (Wildman–Crippen LogP) is 4.46. The van der Waals surface area contributed by atoms with E-state index in [1.807, 2.05) is 30.3 Å². The van der Waals surface area contributed by atoms with Crippen molar-refractivity contribution in [2.45, 2.75) is 25.3 Å². The molecule has 0 radical (unpaired) electrons. The predicted molar refractivity (Wildman–Crippen MR) is 97.5 cm³/mol. The highest BCUT2D eigenvalue weighted by atomic mass is 19.1. The van der Waals surface area contributed by atoms with Crippen molar-refractivity contribution in [2.24, 2.45) is 0 Å². The molecule has 3 rings (SSSR count). The van der Waals surface area contributed by atoms with Gasteiger partial charge in [-0.25, -0.2) is 9.18 Å². The third-order valence-corrected chi connectivity index (χ3v) is 4.92. The molecule has 25 heavy (non-hydrogen) atoms. The zero-order valence-corrected chi connectivity index (χ0v) is 14.4. The van der Waals surface area contributed by atoms with Crippen molar-refractivity contribution in [1.82, 2.24) is 4.90 Å². The first-order valence-corrected chi connectivity index (χ1v) is 8.62. The molecule has 0 bridgehead atoms. The molecule has 1 saturated heterocycles. The fourth-order valence-corrected chi connectivity index (χ4v) is 3.53. The molecule has 0 spiro atoms. The van der Waals surface area contributed by atoms with Crippen molar-refractivity contribution in [1.29, 1.82) is 0 Å². The van der Waals surface area contributed by atoms with E-state index in [1.54, 1.807) is 6.07 Å². The summed E-state index contributed by atoms with van der Waals surface area (Å²) in [5.74, 6) is -0.432. The first-order valence-electron chi connectivity index (χ1n) is 8.62. The Bertz CT molecular complexity index is 736. The lowest BCUT2D eigenvalue weighted by Gasteiger charge is -2.26. The fourth-order valence-electron chi connectivity index (χ4n) is 3.53. The van der Waals surface area contributed by atoms with E-state index in [9.17, 15) is 14.3 Å². The summed E-state index contributed by atoms with van der Waals surface area (Å²) in [5.41, 5.74) is 2.00. The number of nitrogens with zero attached hydrogens (tertiary/aromatic N) is 2. The van der Waals surface area contributed by atoms with Crippen LogP contribution in [0.2, 0.25) is 0 Å². The number of hydrogen-bond acceptors (Lipinski definition) is 2. The van der Waals surface area contributed by atoms with Gasteiger partial charge in [0.25, 0.3) is 0 Å². The standard InChI is InChI=1S/C20H23FN2O2/c1-22-12-5-8-17(22)11-13-23(20(24)25)19-14-16(21)9-10-18(19)15-6-3-2-4-7-15/h2-4,6-7,9-10,14,17H,5,8,11-13H2,1H3,(H,24,25). The first kappa shape index (κ1) is 17.4. The minimum absolute atomic E-state index is 0.355.